The van der Waals surface area contributed by atoms with Crippen molar-refractivity contribution in [1.29, 1.82) is 0 Å². The van der Waals surface area contributed by atoms with E-state index in [0.29, 0.717) is 42.3 Å². The van der Waals surface area contributed by atoms with Crippen molar-refractivity contribution in [1.82, 2.24) is 0 Å². The number of allylic oxidation sites excluding steroid dienone is 1. The Hall–Kier alpha value is -1.32. The third-order valence-corrected chi connectivity index (χ3v) is 17.0. The van der Waals surface area contributed by atoms with Gasteiger partial charge in [-0.2, -0.15) is 0 Å². The van der Waals surface area contributed by atoms with Crippen LogP contribution in [0.3, 0.4) is 0 Å². The second kappa shape index (κ2) is 22.9. The van der Waals surface area contributed by atoms with Gasteiger partial charge >= 0.3 is 5.97 Å². The molecule has 14 atom stereocenters. The molecule has 0 aromatic carbocycles. The van der Waals surface area contributed by atoms with E-state index in [1.807, 2.05) is 6.08 Å². The molecule has 0 radical (unpaired) electrons. The van der Waals surface area contributed by atoms with Crippen LogP contribution in [0.15, 0.2) is 11.6 Å². The summed E-state index contributed by atoms with van der Waals surface area (Å²) < 4.78 is 17.9. The van der Waals surface area contributed by atoms with Gasteiger partial charge in [-0.25, -0.2) is 0 Å². The fraction of sp³-hybridized carbons (Fsp3) is 0.922. The van der Waals surface area contributed by atoms with Crippen molar-refractivity contribution in [2.45, 2.75) is 239 Å². The standard InChI is InChI=1S/C51H88O8/c1-8-10-11-12-13-14-15-16-17-18-19-20-21-22-44(53)57-33-43-46(54)47(55)48(56)49(59-43)58-38-27-29-50(6)37(31-38)32-42(52)45-40-26-25-39(51(40,7)30-28-41(45)50)35(5)23-24-36(9-2)34(3)4/h32,34-36,38-41,43,45-49,54-56H,8-31,33H2,1-7H3. The van der Waals surface area contributed by atoms with Crippen LogP contribution in [0.1, 0.15) is 203 Å². The van der Waals surface area contributed by atoms with Gasteiger partial charge in [-0.1, -0.05) is 144 Å². The Morgan fingerprint density at radius 2 is 1.44 bits per heavy atom. The fourth-order valence-corrected chi connectivity index (χ4v) is 13.0. The summed E-state index contributed by atoms with van der Waals surface area (Å²) in [5.74, 6) is 3.69. The predicted molar refractivity (Wildman–Crippen MR) is 235 cm³/mol. The summed E-state index contributed by atoms with van der Waals surface area (Å²) in [5.41, 5.74) is 1.30. The molecule has 8 heteroatoms. The summed E-state index contributed by atoms with van der Waals surface area (Å²) in [6, 6.07) is 0. The van der Waals surface area contributed by atoms with Crippen LogP contribution in [0.25, 0.3) is 0 Å². The maximum atomic E-state index is 14.2. The molecule has 3 saturated carbocycles. The maximum absolute atomic E-state index is 14.2. The van der Waals surface area contributed by atoms with Crippen LogP contribution >= 0.6 is 0 Å². The Balaban J connectivity index is 1.06. The Bertz CT molecular complexity index is 1330. The average molecular weight is 829 g/mol. The van der Waals surface area contributed by atoms with Gasteiger partial charge in [0.2, 0.25) is 0 Å². The zero-order valence-electron chi connectivity index (χ0n) is 38.6. The van der Waals surface area contributed by atoms with Crippen LogP contribution in [0.4, 0.5) is 0 Å². The zero-order valence-corrected chi connectivity index (χ0v) is 38.6. The normalized spacial score (nSPS) is 36.7. The SMILES string of the molecule is CCCCCCCCCCCCCCCC(=O)OCC1OC(OC2CCC3(C)C(=CC(=O)C4C3CCC3(C)C(C(C)CCC(CC)C(C)C)CCC43)C2)C(O)C(O)C1O. The number of hydrogen-bond donors (Lipinski definition) is 3. The molecule has 1 heterocycles. The highest BCUT2D eigenvalue weighted by Gasteiger charge is 2.61. The van der Waals surface area contributed by atoms with E-state index in [2.05, 4.69) is 48.5 Å². The van der Waals surface area contributed by atoms with E-state index in [9.17, 15) is 24.9 Å². The van der Waals surface area contributed by atoms with Gasteiger partial charge in [0.15, 0.2) is 12.1 Å². The third-order valence-electron chi connectivity index (χ3n) is 17.0. The van der Waals surface area contributed by atoms with Gasteiger partial charge in [0, 0.05) is 12.3 Å². The van der Waals surface area contributed by atoms with Crippen LogP contribution in [-0.2, 0) is 23.8 Å². The molecule has 340 valence electrons. The fourth-order valence-electron chi connectivity index (χ4n) is 13.0. The van der Waals surface area contributed by atoms with Crippen molar-refractivity contribution in [3.05, 3.63) is 11.6 Å². The molecule has 0 aromatic heterocycles. The molecular weight excluding hydrogens is 741 g/mol. The number of fused-ring (bicyclic) bond motifs is 5. The smallest absolute Gasteiger partial charge is 0.305 e. The summed E-state index contributed by atoms with van der Waals surface area (Å²) in [7, 11) is 0. The maximum Gasteiger partial charge on any atom is 0.305 e. The monoisotopic (exact) mass is 829 g/mol. The molecule has 4 fully saturated rings. The Labute approximate surface area is 359 Å². The number of aliphatic hydroxyl groups is 3. The highest BCUT2D eigenvalue weighted by atomic mass is 16.7. The molecule has 59 heavy (non-hydrogen) atoms. The molecule has 5 aliphatic rings. The lowest BCUT2D eigenvalue weighted by Gasteiger charge is -2.58. The largest absolute Gasteiger partial charge is 0.463 e. The summed E-state index contributed by atoms with van der Waals surface area (Å²) >= 11 is 0. The topological polar surface area (TPSA) is 123 Å². The van der Waals surface area contributed by atoms with Crippen molar-refractivity contribution in [3.8, 4) is 0 Å². The first-order valence-corrected chi connectivity index (χ1v) is 25.0. The number of unbranched alkanes of at least 4 members (excludes halogenated alkanes) is 12. The van der Waals surface area contributed by atoms with Gasteiger partial charge < -0.3 is 29.5 Å². The van der Waals surface area contributed by atoms with Gasteiger partial charge in [-0.15, -0.1) is 0 Å². The molecule has 8 nitrogen and oxygen atoms in total. The van der Waals surface area contributed by atoms with E-state index in [0.717, 1.165) is 62.4 Å². The lowest BCUT2D eigenvalue weighted by molar-refractivity contribution is -0.313. The van der Waals surface area contributed by atoms with E-state index in [4.69, 9.17) is 14.2 Å². The van der Waals surface area contributed by atoms with Gasteiger partial charge in [0.05, 0.1) is 6.10 Å². The number of aliphatic hydroxyl groups excluding tert-OH is 3. The number of ether oxygens (including phenoxy) is 3. The number of ketones is 1. The molecular formula is C51H88O8. The van der Waals surface area contributed by atoms with Crippen molar-refractivity contribution in [2.75, 3.05) is 6.61 Å². The zero-order chi connectivity index (χ0) is 42.7. The second-order valence-electron chi connectivity index (χ2n) is 21.1. The van der Waals surface area contributed by atoms with Crippen LogP contribution in [0.5, 0.6) is 0 Å². The molecule has 0 spiro atoms. The molecule has 0 aromatic rings. The van der Waals surface area contributed by atoms with Crippen LogP contribution in [0, 0.1) is 52.3 Å². The van der Waals surface area contributed by atoms with Crippen molar-refractivity contribution in [2.24, 2.45) is 52.3 Å². The number of rotatable bonds is 24. The van der Waals surface area contributed by atoms with E-state index in [-0.39, 0.29) is 35.4 Å². The van der Waals surface area contributed by atoms with Gasteiger partial charge in [0.1, 0.15) is 31.0 Å². The third kappa shape index (κ3) is 12.0. The summed E-state index contributed by atoms with van der Waals surface area (Å²) in [5, 5.41) is 32.5. The highest BCUT2D eigenvalue weighted by molar-refractivity contribution is 5.94. The van der Waals surface area contributed by atoms with Crippen molar-refractivity contribution in [3.63, 3.8) is 0 Å². The second-order valence-corrected chi connectivity index (χ2v) is 21.1. The van der Waals surface area contributed by atoms with E-state index < -0.39 is 30.7 Å². The molecule has 14 unspecified atom stereocenters. The number of carbonyl (C=O) groups is 2. The first kappa shape index (κ1) is 48.7. The van der Waals surface area contributed by atoms with Crippen LogP contribution < -0.4 is 0 Å². The summed E-state index contributed by atoms with van der Waals surface area (Å²) in [4.78, 5) is 26.8. The summed E-state index contributed by atoms with van der Waals surface area (Å²) in [6.07, 6.45) is 22.2. The highest BCUT2D eigenvalue weighted by Crippen LogP contribution is 2.67. The first-order valence-electron chi connectivity index (χ1n) is 25.0. The Morgan fingerprint density at radius 3 is 2.07 bits per heavy atom. The molecule has 4 aliphatic carbocycles. The minimum absolute atomic E-state index is 0.0686. The first-order chi connectivity index (χ1) is 28.2. The number of carbonyl (C=O) groups excluding carboxylic acids is 2. The van der Waals surface area contributed by atoms with Crippen LogP contribution in [-0.4, -0.2) is 70.5 Å². The lowest BCUT2D eigenvalue weighted by Crippen LogP contribution is -2.60. The quantitative estimate of drug-likeness (QED) is 0.0649. The van der Waals surface area contributed by atoms with Gasteiger partial charge in [-0.05, 0) is 110 Å². The van der Waals surface area contributed by atoms with Gasteiger partial charge in [-0.3, -0.25) is 9.59 Å². The van der Waals surface area contributed by atoms with E-state index in [1.54, 1.807) is 0 Å². The molecule has 0 bridgehead atoms. The van der Waals surface area contributed by atoms with E-state index >= 15 is 0 Å². The lowest BCUT2D eigenvalue weighted by atomic mass is 9.46. The molecule has 5 rings (SSSR count). The molecule has 3 N–H and O–H groups in total. The number of hydrogen-bond acceptors (Lipinski definition) is 8. The molecule has 0 amide bonds. The summed E-state index contributed by atoms with van der Waals surface area (Å²) in [6.45, 7) is 16.5. The Morgan fingerprint density at radius 1 is 0.797 bits per heavy atom. The van der Waals surface area contributed by atoms with Crippen molar-refractivity contribution >= 4 is 11.8 Å². The molecule has 1 saturated heterocycles. The van der Waals surface area contributed by atoms with Gasteiger partial charge in [0.25, 0.3) is 0 Å². The van der Waals surface area contributed by atoms with Crippen molar-refractivity contribution < 1.29 is 39.1 Å². The predicted octanol–water partition coefficient (Wildman–Crippen LogP) is 11.1. The van der Waals surface area contributed by atoms with E-state index in [1.165, 1.54) is 96.3 Å². The van der Waals surface area contributed by atoms with Crippen LogP contribution in [0.2, 0.25) is 0 Å². The minimum atomic E-state index is -1.50. The Kier molecular flexibility index (Phi) is 18.9. The minimum Gasteiger partial charge on any atom is -0.463 e. The number of esters is 1. The molecule has 1 aliphatic heterocycles. The average Bonchev–Trinajstić information content (AvgIpc) is 3.57.